The molecule has 10 atom stereocenters. The third-order valence-corrected chi connectivity index (χ3v) is 10.5. The Morgan fingerprint density at radius 3 is 2.44 bits per heavy atom. The van der Waals surface area contributed by atoms with Crippen LogP contribution in [0.1, 0.15) is 12.5 Å². The summed E-state index contributed by atoms with van der Waals surface area (Å²) in [7, 11) is -5.10. The van der Waals surface area contributed by atoms with Gasteiger partial charge in [-0.2, -0.15) is 4.98 Å². The summed E-state index contributed by atoms with van der Waals surface area (Å²) in [6.45, 7) is -1.41. The SMILES string of the molecule is Nc1nc2c(ncn2[C@@H]2O[C@@H]3COP(=O)(O)O[C@H]4[C@H](F)[C@H](n5cnc6c(N)ccnc65)O[C@@H]4COP(=S)(S)O[C@@H]2[C@@H]3F)c(=O)[nH]1. The van der Waals surface area contributed by atoms with Crippen LogP contribution in [0.4, 0.5) is 20.4 Å². The van der Waals surface area contributed by atoms with Crippen LogP contribution in [0.3, 0.4) is 0 Å². The zero-order valence-corrected chi connectivity index (χ0v) is 25.9. The Hall–Kier alpha value is -2.62. The number of nitrogens with one attached hydrogen (secondary N) is 1. The zero-order valence-electron chi connectivity index (χ0n) is 22.4. The average molecular weight is 710 g/mol. The molecule has 4 aromatic rings. The number of aromatic amines is 1. The number of pyridine rings is 1. The molecular formula is C21H23F2N9O9P2S2. The third kappa shape index (κ3) is 5.57. The number of alkyl halides is 2. The smallest absolute Gasteiger partial charge is 0.397 e. The minimum absolute atomic E-state index is 0.0696. The summed E-state index contributed by atoms with van der Waals surface area (Å²) in [6.07, 6.45) is -9.42. The van der Waals surface area contributed by atoms with Crippen LogP contribution in [0.25, 0.3) is 22.3 Å². The molecule has 7 rings (SSSR count). The molecule has 24 heteroatoms. The Kier molecular flexibility index (Phi) is 7.76. The molecule has 0 radical (unpaired) electrons. The topological polar surface area (TPSA) is 239 Å². The summed E-state index contributed by atoms with van der Waals surface area (Å²) in [6, 6.07) is 1.51. The second-order valence-electron chi connectivity index (χ2n) is 10.2. The van der Waals surface area contributed by atoms with Crippen LogP contribution < -0.4 is 17.0 Å². The van der Waals surface area contributed by atoms with Crippen molar-refractivity contribution in [3.05, 3.63) is 35.3 Å². The minimum atomic E-state index is -5.10. The summed E-state index contributed by atoms with van der Waals surface area (Å²) in [5.74, 6) is -0.247. The van der Waals surface area contributed by atoms with Crippen molar-refractivity contribution < 1.29 is 45.8 Å². The lowest BCUT2D eigenvalue weighted by atomic mass is 10.1. The number of H-pyrrole nitrogens is 1. The molecule has 0 saturated carbocycles. The van der Waals surface area contributed by atoms with Crippen molar-refractivity contribution in [1.82, 2.24) is 34.1 Å². The largest absolute Gasteiger partial charge is 0.472 e. The second kappa shape index (κ2) is 11.3. The van der Waals surface area contributed by atoms with Crippen molar-refractivity contribution in [2.24, 2.45) is 0 Å². The summed E-state index contributed by atoms with van der Waals surface area (Å²) in [4.78, 5) is 41.6. The number of thiol groups is 1. The molecular weight excluding hydrogens is 686 g/mol. The second-order valence-corrected chi connectivity index (χ2v) is 16.8. The summed E-state index contributed by atoms with van der Waals surface area (Å²) < 4.78 is 80.9. The monoisotopic (exact) mass is 709 g/mol. The van der Waals surface area contributed by atoms with Crippen LogP contribution in [0.5, 0.6) is 0 Å². The first kappa shape index (κ1) is 31.0. The van der Waals surface area contributed by atoms with E-state index in [1.807, 2.05) is 0 Å². The molecule has 0 spiro atoms. The van der Waals surface area contributed by atoms with Crippen LogP contribution in [0, 0.1) is 0 Å². The minimum Gasteiger partial charge on any atom is -0.397 e. The third-order valence-electron chi connectivity index (χ3n) is 7.34. The number of hydrogen-bond donors (Lipinski definition) is 5. The van der Waals surface area contributed by atoms with E-state index < -0.39 is 81.5 Å². The van der Waals surface area contributed by atoms with E-state index in [-0.39, 0.29) is 34.0 Å². The first-order valence-corrected chi connectivity index (χ1v) is 18.3. The van der Waals surface area contributed by atoms with Crippen LogP contribution >= 0.6 is 25.8 Å². The highest BCUT2D eigenvalue weighted by Crippen LogP contribution is 2.59. The van der Waals surface area contributed by atoms with Crippen molar-refractivity contribution >= 4 is 71.5 Å². The number of imidazole rings is 2. The molecule has 6 N–H and O–H groups in total. The van der Waals surface area contributed by atoms with Gasteiger partial charge in [0, 0.05) is 6.20 Å². The van der Waals surface area contributed by atoms with E-state index in [2.05, 4.69) is 37.2 Å². The van der Waals surface area contributed by atoms with Crippen molar-refractivity contribution in [3.8, 4) is 0 Å². The molecule has 242 valence electrons. The van der Waals surface area contributed by atoms with Crippen LogP contribution in [-0.2, 0) is 43.9 Å². The molecule has 3 saturated heterocycles. The standard InChI is InChI=1S/C21H23F2N9O9P2S2/c22-10-8-3-36-42(34,35)40-14-9(39-19(11(14)23)31-5-27-12-7(24)1-2-26-16(12)31)4-37-43(44,45)41-15(10)20(38-8)32-6-28-13-17(32)29-21(25)30-18(13)33/h1-2,5-6,8-11,14-15,19-20H,3-4H2,(H2,24,26)(H,34,35)(H,44,45)(H3,25,29,30,33)/t8-,9-,10-,11+,14-,15-,19-,20-/m1/s1. The number of phosphoric ester groups is 1. The summed E-state index contributed by atoms with van der Waals surface area (Å²) in [5, 5.41) is 0. The van der Waals surface area contributed by atoms with Gasteiger partial charge in [0.1, 0.15) is 29.9 Å². The Morgan fingerprint density at radius 1 is 0.978 bits per heavy atom. The maximum atomic E-state index is 16.0. The lowest BCUT2D eigenvalue weighted by molar-refractivity contribution is -0.0590. The highest BCUT2D eigenvalue weighted by atomic mass is 32.9. The van der Waals surface area contributed by atoms with Gasteiger partial charge >= 0.3 is 7.82 Å². The Labute approximate surface area is 260 Å². The van der Waals surface area contributed by atoms with Gasteiger partial charge in [0.05, 0.1) is 31.6 Å². The number of hydrogen-bond acceptors (Lipinski definition) is 15. The molecule has 0 aromatic carbocycles. The predicted molar refractivity (Wildman–Crippen MR) is 157 cm³/mol. The number of halogens is 2. The molecule has 2 unspecified atom stereocenters. The molecule has 0 amide bonds. The normalized spacial score (nSPS) is 37.7. The van der Waals surface area contributed by atoms with E-state index in [0.717, 1.165) is 6.33 Å². The number of anilines is 2. The van der Waals surface area contributed by atoms with Gasteiger partial charge in [-0.25, -0.2) is 28.3 Å². The van der Waals surface area contributed by atoms with Crippen molar-refractivity contribution in [2.45, 2.75) is 49.2 Å². The molecule has 3 aliphatic heterocycles. The van der Waals surface area contributed by atoms with E-state index in [1.165, 1.54) is 27.7 Å². The number of rotatable bonds is 2. The van der Waals surface area contributed by atoms with Gasteiger partial charge in [-0.3, -0.25) is 28.0 Å². The average Bonchev–Trinajstić information content (AvgIpc) is 3.72. The number of aromatic nitrogens is 7. The fourth-order valence-electron chi connectivity index (χ4n) is 5.32. The van der Waals surface area contributed by atoms with E-state index in [9.17, 15) is 14.3 Å². The lowest BCUT2D eigenvalue weighted by Gasteiger charge is -2.27. The highest BCUT2D eigenvalue weighted by molar-refractivity contribution is 8.60. The Balaban J connectivity index is 1.21. The lowest BCUT2D eigenvalue weighted by Crippen LogP contribution is -2.34. The van der Waals surface area contributed by atoms with Gasteiger partial charge in [-0.15, -0.1) is 0 Å². The van der Waals surface area contributed by atoms with Crippen LogP contribution in [-0.4, -0.2) is 88.9 Å². The number of nitrogens with two attached hydrogens (primary N) is 2. The fourth-order valence-corrected chi connectivity index (χ4v) is 8.20. The van der Waals surface area contributed by atoms with E-state index >= 15 is 8.78 Å². The number of phosphoric acid groups is 1. The van der Waals surface area contributed by atoms with Gasteiger partial charge in [-0.05, 0) is 17.9 Å². The van der Waals surface area contributed by atoms with Gasteiger partial charge in [0.25, 0.3) is 5.56 Å². The quantitative estimate of drug-likeness (QED) is 0.145. The number of fused-ring (bicyclic) bond motifs is 5. The molecule has 2 bridgehead atoms. The molecule has 0 aliphatic carbocycles. The molecule has 45 heavy (non-hydrogen) atoms. The van der Waals surface area contributed by atoms with Gasteiger partial charge in [0.15, 0.2) is 41.6 Å². The van der Waals surface area contributed by atoms with E-state index in [0.29, 0.717) is 0 Å². The Bertz CT molecular complexity index is 1950. The Morgan fingerprint density at radius 2 is 1.67 bits per heavy atom. The number of nitrogen functional groups attached to an aromatic ring is 2. The van der Waals surface area contributed by atoms with Gasteiger partial charge < -0.3 is 34.9 Å². The number of nitrogens with zero attached hydrogens (tertiary/aromatic N) is 6. The maximum Gasteiger partial charge on any atom is 0.472 e. The fraction of sp³-hybridized carbons (Fsp3) is 0.476. The van der Waals surface area contributed by atoms with Crippen molar-refractivity contribution in [3.63, 3.8) is 0 Å². The van der Waals surface area contributed by atoms with Crippen LogP contribution in [0.2, 0.25) is 0 Å². The predicted octanol–water partition coefficient (Wildman–Crippen LogP) is 1.27. The van der Waals surface area contributed by atoms with Crippen molar-refractivity contribution in [1.29, 1.82) is 0 Å². The number of ether oxygens (including phenoxy) is 2. The van der Waals surface area contributed by atoms with Gasteiger partial charge in [-0.1, -0.05) is 12.2 Å². The van der Waals surface area contributed by atoms with Crippen LogP contribution in [0.15, 0.2) is 29.7 Å². The molecule has 7 heterocycles. The zero-order chi connectivity index (χ0) is 31.8. The summed E-state index contributed by atoms with van der Waals surface area (Å²) >= 11 is 9.77. The molecule has 3 fully saturated rings. The summed E-state index contributed by atoms with van der Waals surface area (Å²) in [5.41, 5.74) is 7.81. The van der Waals surface area contributed by atoms with Gasteiger partial charge in [0.2, 0.25) is 11.6 Å². The maximum absolute atomic E-state index is 16.0. The molecule has 3 aliphatic rings. The molecule has 4 aromatic heterocycles. The highest BCUT2D eigenvalue weighted by Gasteiger charge is 2.54. The molecule has 18 nitrogen and oxygen atoms in total. The van der Waals surface area contributed by atoms with E-state index in [1.54, 1.807) is 0 Å². The van der Waals surface area contributed by atoms with Crippen molar-refractivity contribution in [2.75, 3.05) is 24.7 Å². The van der Waals surface area contributed by atoms with E-state index in [4.69, 9.17) is 50.8 Å². The first-order chi connectivity index (χ1) is 21.3. The first-order valence-electron chi connectivity index (χ1n) is 13.0.